The Morgan fingerprint density at radius 2 is 0.906 bits per heavy atom. The molecule has 0 saturated carbocycles. The molecule has 1 aliphatic heterocycles. The SMILES string of the molecule is C=CC=C1N(c2c(C(C)C)cccc2C(C)C)C=CN1c1c(C(C)C)cccc1C(C)C. The first-order chi connectivity index (χ1) is 15.2. The Bertz CT molecular complexity index is 893. The fourth-order valence-electron chi connectivity index (χ4n) is 4.63. The largest absolute Gasteiger partial charge is 0.301 e. The second kappa shape index (κ2) is 9.81. The van der Waals surface area contributed by atoms with E-state index in [2.05, 4.69) is 127 Å². The predicted octanol–water partition coefficient (Wildman–Crippen LogP) is 9.01. The number of para-hydroxylation sites is 2. The average Bonchev–Trinajstić information content (AvgIpc) is 3.15. The summed E-state index contributed by atoms with van der Waals surface area (Å²) in [7, 11) is 0. The zero-order valence-corrected chi connectivity index (χ0v) is 21.2. The molecule has 0 saturated heterocycles. The second-order valence-electron chi connectivity index (χ2n) is 9.99. The molecule has 0 bridgehead atoms. The number of nitrogens with zero attached hydrogens (tertiary/aromatic N) is 2. The van der Waals surface area contributed by atoms with Crippen molar-refractivity contribution in [3.05, 3.63) is 95.6 Å². The van der Waals surface area contributed by atoms with Gasteiger partial charge in [0.05, 0.1) is 11.4 Å². The minimum Gasteiger partial charge on any atom is -0.301 e. The van der Waals surface area contributed by atoms with Crippen LogP contribution in [-0.2, 0) is 0 Å². The summed E-state index contributed by atoms with van der Waals surface area (Å²) in [6.45, 7) is 22.3. The minimum absolute atomic E-state index is 0.435. The summed E-state index contributed by atoms with van der Waals surface area (Å²) in [5.41, 5.74) is 8.10. The minimum atomic E-state index is 0.435. The van der Waals surface area contributed by atoms with E-state index >= 15 is 0 Å². The maximum atomic E-state index is 4.05. The molecular formula is C30H40N2. The van der Waals surface area contributed by atoms with Crippen LogP contribution in [0.3, 0.4) is 0 Å². The van der Waals surface area contributed by atoms with Gasteiger partial charge in [0.15, 0.2) is 0 Å². The molecule has 2 nitrogen and oxygen atoms in total. The summed E-state index contributed by atoms with van der Waals surface area (Å²) in [6, 6.07) is 13.5. The Balaban J connectivity index is 2.25. The van der Waals surface area contributed by atoms with E-state index < -0.39 is 0 Å². The average molecular weight is 429 g/mol. The monoisotopic (exact) mass is 428 g/mol. The van der Waals surface area contributed by atoms with Crippen LogP contribution in [0.15, 0.2) is 73.4 Å². The summed E-state index contributed by atoms with van der Waals surface area (Å²) < 4.78 is 0. The summed E-state index contributed by atoms with van der Waals surface area (Å²) in [6.07, 6.45) is 8.50. The molecule has 0 radical (unpaired) electrons. The van der Waals surface area contributed by atoms with E-state index in [4.69, 9.17) is 0 Å². The molecular weight excluding hydrogens is 388 g/mol. The highest BCUT2D eigenvalue weighted by Crippen LogP contribution is 2.44. The summed E-state index contributed by atoms with van der Waals surface area (Å²) in [5.74, 6) is 2.87. The number of benzene rings is 2. The highest BCUT2D eigenvalue weighted by atomic mass is 15.4. The molecule has 0 N–H and O–H groups in total. The number of hydrogen-bond donors (Lipinski definition) is 0. The molecule has 3 rings (SSSR count). The lowest BCUT2D eigenvalue weighted by Gasteiger charge is -2.33. The maximum absolute atomic E-state index is 4.05. The lowest BCUT2D eigenvalue weighted by molar-refractivity contribution is 0.820. The predicted molar refractivity (Wildman–Crippen MR) is 142 cm³/mol. The van der Waals surface area contributed by atoms with Gasteiger partial charge < -0.3 is 9.80 Å². The van der Waals surface area contributed by atoms with Crippen molar-refractivity contribution in [3.8, 4) is 0 Å². The first kappa shape index (κ1) is 23.9. The van der Waals surface area contributed by atoms with Crippen molar-refractivity contribution in [2.24, 2.45) is 0 Å². The molecule has 0 amide bonds. The van der Waals surface area contributed by atoms with Gasteiger partial charge in [-0.3, -0.25) is 0 Å². The summed E-state index contributed by atoms with van der Waals surface area (Å²) in [5, 5.41) is 0. The molecule has 1 heterocycles. The molecule has 0 aromatic heterocycles. The van der Waals surface area contributed by atoms with Gasteiger partial charge in [-0.1, -0.05) is 104 Å². The standard InChI is InChI=1S/C30H40N2/c1-10-13-28-31(29-24(20(2)3)14-11-15-25(29)21(4)5)18-19-32(28)30-26(22(6)7)16-12-17-27(30)23(8)9/h10-23H,1H2,2-9H3. The molecule has 0 fully saturated rings. The molecule has 2 aromatic rings. The molecule has 170 valence electrons. The number of anilines is 2. The van der Waals surface area contributed by atoms with Crippen molar-refractivity contribution in [3.63, 3.8) is 0 Å². The van der Waals surface area contributed by atoms with Crippen LogP contribution < -0.4 is 9.80 Å². The lowest BCUT2D eigenvalue weighted by atomic mass is 9.91. The number of hydrogen-bond acceptors (Lipinski definition) is 2. The van der Waals surface area contributed by atoms with Crippen molar-refractivity contribution in [2.75, 3.05) is 9.80 Å². The smallest absolute Gasteiger partial charge is 0.121 e. The van der Waals surface area contributed by atoms with Crippen molar-refractivity contribution < 1.29 is 0 Å². The van der Waals surface area contributed by atoms with Crippen LogP contribution in [0.2, 0.25) is 0 Å². The Labute approximate surface area is 196 Å². The highest BCUT2D eigenvalue weighted by molar-refractivity contribution is 5.77. The van der Waals surface area contributed by atoms with E-state index in [0.717, 1.165) is 5.82 Å². The first-order valence-electron chi connectivity index (χ1n) is 12.0. The van der Waals surface area contributed by atoms with Crippen LogP contribution in [0.4, 0.5) is 11.4 Å². The fraction of sp³-hybridized carbons (Fsp3) is 0.400. The Kier molecular flexibility index (Phi) is 7.33. The van der Waals surface area contributed by atoms with Gasteiger partial charge in [0.2, 0.25) is 0 Å². The van der Waals surface area contributed by atoms with Crippen LogP contribution >= 0.6 is 0 Å². The molecule has 32 heavy (non-hydrogen) atoms. The van der Waals surface area contributed by atoms with Crippen molar-refractivity contribution in [1.82, 2.24) is 0 Å². The van der Waals surface area contributed by atoms with Gasteiger partial charge in [-0.05, 0) is 52.0 Å². The van der Waals surface area contributed by atoms with Gasteiger partial charge in [-0.15, -0.1) is 0 Å². The van der Waals surface area contributed by atoms with E-state index in [1.165, 1.54) is 33.6 Å². The molecule has 0 aliphatic carbocycles. The van der Waals surface area contributed by atoms with E-state index in [0.29, 0.717) is 23.7 Å². The van der Waals surface area contributed by atoms with Crippen LogP contribution in [-0.4, -0.2) is 0 Å². The zero-order chi connectivity index (χ0) is 23.6. The van der Waals surface area contributed by atoms with Gasteiger partial charge in [0, 0.05) is 12.4 Å². The maximum Gasteiger partial charge on any atom is 0.121 e. The Morgan fingerprint density at radius 3 is 1.16 bits per heavy atom. The third-order valence-electron chi connectivity index (χ3n) is 6.29. The molecule has 1 aliphatic rings. The zero-order valence-electron chi connectivity index (χ0n) is 21.2. The quantitative estimate of drug-likeness (QED) is 0.434. The summed E-state index contributed by atoms with van der Waals surface area (Å²) >= 11 is 0. The van der Waals surface area contributed by atoms with Crippen molar-refractivity contribution >= 4 is 11.4 Å². The third kappa shape index (κ3) is 4.41. The van der Waals surface area contributed by atoms with Crippen molar-refractivity contribution in [1.29, 1.82) is 0 Å². The Morgan fingerprint density at radius 1 is 0.594 bits per heavy atom. The van der Waals surface area contributed by atoms with Gasteiger partial charge in [0.25, 0.3) is 0 Å². The molecule has 2 heteroatoms. The van der Waals surface area contributed by atoms with Crippen LogP contribution in [0.5, 0.6) is 0 Å². The number of allylic oxidation sites excluding steroid dienone is 2. The fourth-order valence-corrected chi connectivity index (χ4v) is 4.63. The molecule has 0 spiro atoms. The Hall–Kier alpha value is -2.74. The van der Waals surface area contributed by atoms with Crippen LogP contribution in [0.1, 0.15) is 101 Å². The van der Waals surface area contributed by atoms with Gasteiger partial charge in [-0.25, -0.2) is 0 Å². The molecule has 2 aromatic carbocycles. The molecule has 0 atom stereocenters. The van der Waals surface area contributed by atoms with Gasteiger partial charge in [-0.2, -0.15) is 0 Å². The van der Waals surface area contributed by atoms with E-state index in [-0.39, 0.29) is 0 Å². The summed E-state index contributed by atoms with van der Waals surface area (Å²) in [4.78, 5) is 4.74. The first-order valence-corrected chi connectivity index (χ1v) is 12.0. The van der Waals surface area contributed by atoms with E-state index in [9.17, 15) is 0 Å². The normalized spacial score (nSPS) is 13.9. The lowest BCUT2D eigenvalue weighted by Crippen LogP contribution is -2.26. The van der Waals surface area contributed by atoms with Gasteiger partial charge >= 0.3 is 0 Å². The van der Waals surface area contributed by atoms with E-state index in [1.54, 1.807) is 0 Å². The van der Waals surface area contributed by atoms with E-state index in [1.807, 2.05) is 6.08 Å². The van der Waals surface area contributed by atoms with Crippen LogP contribution in [0, 0.1) is 0 Å². The topological polar surface area (TPSA) is 6.48 Å². The molecule has 0 unspecified atom stereocenters. The van der Waals surface area contributed by atoms with Crippen LogP contribution in [0.25, 0.3) is 0 Å². The van der Waals surface area contributed by atoms with Gasteiger partial charge in [0.1, 0.15) is 5.82 Å². The highest BCUT2D eigenvalue weighted by Gasteiger charge is 2.30. The van der Waals surface area contributed by atoms with Crippen molar-refractivity contribution in [2.45, 2.75) is 79.1 Å². The second-order valence-corrected chi connectivity index (χ2v) is 9.99. The number of rotatable bonds is 7. The third-order valence-corrected chi connectivity index (χ3v) is 6.29.